The molecule has 0 saturated carbocycles. The second-order valence-corrected chi connectivity index (χ2v) is 6.34. The summed E-state index contributed by atoms with van der Waals surface area (Å²) in [7, 11) is 0. The van der Waals surface area contributed by atoms with Gasteiger partial charge < -0.3 is 10.1 Å². The molecule has 2 aromatic carbocycles. The summed E-state index contributed by atoms with van der Waals surface area (Å²) in [5.74, 6) is 0.708. The van der Waals surface area contributed by atoms with Gasteiger partial charge in [-0.15, -0.1) is 0 Å². The number of ether oxygens (including phenoxy) is 1. The maximum atomic E-state index is 13.6. The van der Waals surface area contributed by atoms with Crippen LogP contribution in [0.15, 0.2) is 34.8 Å². The molecule has 1 aliphatic heterocycles. The van der Waals surface area contributed by atoms with Crippen LogP contribution in [0.5, 0.6) is 5.75 Å². The molecular weight excluding hydrogens is 357 g/mol. The number of halogens is 3. The van der Waals surface area contributed by atoms with Crippen LogP contribution in [0.3, 0.4) is 0 Å². The van der Waals surface area contributed by atoms with E-state index >= 15 is 0 Å². The van der Waals surface area contributed by atoms with Crippen molar-refractivity contribution in [1.82, 2.24) is 5.32 Å². The molecular formula is C16H14BrClFNO. The normalized spacial score (nSPS) is 13.1. The zero-order valence-electron chi connectivity index (χ0n) is 11.3. The van der Waals surface area contributed by atoms with Gasteiger partial charge in [-0.1, -0.05) is 27.5 Å². The Hall–Kier alpha value is -1.10. The van der Waals surface area contributed by atoms with Crippen LogP contribution in [-0.4, -0.2) is 6.61 Å². The first-order valence-electron chi connectivity index (χ1n) is 6.72. The van der Waals surface area contributed by atoms with Gasteiger partial charge in [0.15, 0.2) is 0 Å². The van der Waals surface area contributed by atoms with Gasteiger partial charge in [0.25, 0.3) is 0 Å². The van der Waals surface area contributed by atoms with E-state index in [1.54, 1.807) is 12.1 Å². The molecule has 110 valence electrons. The second kappa shape index (κ2) is 6.34. The molecule has 21 heavy (non-hydrogen) atoms. The van der Waals surface area contributed by atoms with E-state index in [-0.39, 0.29) is 5.82 Å². The van der Waals surface area contributed by atoms with Crippen LogP contribution < -0.4 is 10.1 Å². The van der Waals surface area contributed by atoms with Crippen molar-refractivity contribution in [2.75, 3.05) is 6.61 Å². The van der Waals surface area contributed by atoms with Crippen molar-refractivity contribution in [1.29, 1.82) is 0 Å². The molecule has 1 N–H and O–H groups in total. The van der Waals surface area contributed by atoms with Crippen molar-refractivity contribution in [3.05, 3.63) is 62.3 Å². The van der Waals surface area contributed by atoms with E-state index in [1.165, 1.54) is 11.6 Å². The number of rotatable bonds is 4. The molecule has 0 unspecified atom stereocenters. The standard InChI is InChI=1S/C16H14BrClFNO/c17-13-5-10-3-4-21-16(10)12(6-13)9-20-8-11-7-14(18)1-2-15(11)19/h1-2,5-7,20H,3-4,8-9H2. The van der Waals surface area contributed by atoms with E-state index in [0.29, 0.717) is 23.7 Å². The zero-order chi connectivity index (χ0) is 14.8. The third kappa shape index (κ3) is 3.39. The lowest BCUT2D eigenvalue weighted by molar-refractivity contribution is 0.352. The van der Waals surface area contributed by atoms with E-state index in [2.05, 4.69) is 27.3 Å². The van der Waals surface area contributed by atoms with E-state index < -0.39 is 0 Å². The average molecular weight is 371 g/mol. The lowest BCUT2D eigenvalue weighted by atomic mass is 10.1. The minimum Gasteiger partial charge on any atom is -0.493 e. The van der Waals surface area contributed by atoms with Crippen LogP contribution in [-0.2, 0) is 19.5 Å². The first-order valence-corrected chi connectivity index (χ1v) is 7.89. The first-order chi connectivity index (χ1) is 10.1. The number of nitrogens with one attached hydrogen (secondary N) is 1. The third-order valence-electron chi connectivity index (χ3n) is 3.46. The maximum absolute atomic E-state index is 13.6. The predicted molar refractivity (Wildman–Crippen MR) is 85.3 cm³/mol. The van der Waals surface area contributed by atoms with Crippen molar-refractivity contribution in [2.45, 2.75) is 19.5 Å². The molecule has 1 aliphatic rings. The monoisotopic (exact) mass is 369 g/mol. The smallest absolute Gasteiger partial charge is 0.127 e. The van der Waals surface area contributed by atoms with Crippen LogP contribution in [0.2, 0.25) is 5.02 Å². The molecule has 0 atom stereocenters. The fraction of sp³-hybridized carbons (Fsp3) is 0.250. The predicted octanol–water partition coefficient (Wildman–Crippen LogP) is 4.47. The molecule has 0 amide bonds. The summed E-state index contributed by atoms with van der Waals surface area (Å²) in [6.07, 6.45) is 0.935. The first kappa shape index (κ1) is 14.8. The Kier molecular flexibility index (Phi) is 4.48. The Balaban J connectivity index is 1.70. The second-order valence-electron chi connectivity index (χ2n) is 4.99. The van der Waals surface area contributed by atoms with Crippen LogP contribution in [0, 0.1) is 5.82 Å². The lowest BCUT2D eigenvalue weighted by Gasteiger charge is -2.11. The van der Waals surface area contributed by atoms with Crippen molar-refractivity contribution in [2.24, 2.45) is 0 Å². The van der Waals surface area contributed by atoms with Gasteiger partial charge in [-0.2, -0.15) is 0 Å². The molecule has 0 aliphatic carbocycles. The largest absolute Gasteiger partial charge is 0.493 e. The van der Waals surface area contributed by atoms with Crippen molar-refractivity contribution < 1.29 is 9.13 Å². The van der Waals surface area contributed by atoms with Crippen molar-refractivity contribution in [3.63, 3.8) is 0 Å². The van der Waals surface area contributed by atoms with Crippen LogP contribution in [0.1, 0.15) is 16.7 Å². The Morgan fingerprint density at radius 1 is 1.19 bits per heavy atom. The number of hydrogen-bond acceptors (Lipinski definition) is 2. The summed E-state index contributed by atoms with van der Waals surface area (Å²) < 4.78 is 20.4. The molecule has 0 bridgehead atoms. The SMILES string of the molecule is Fc1ccc(Cl)cc1CNCc1cc(Br)cc2c1OCC2. The Morgan fingerprint density at radius 2 is 2.00 bits per heavy atom. The van der Waals surface area contributed by atoms with Gasteiger partial charge in [-0.25, -0.2) is 4.39 Å². The summed E-state index contributed by atoms with van der Waals surface area (Å²) >= 11 is 9.40. The molecule has 0 radical (unpaired) electrons. The molecule has 0 spiro atoms. The molecule has 0 aromatic heterocycles. The topological polar surface area (TPSA) is 21.3 Å². The van der Waals surface area contributed by atoms with Crippen LogP contribution in [0.4, 0.5) is 4.39 Å². The highest BCUT2D eigenvalue weighted by Gasteiger charge is 2.17. The molecule has 0 saturated heterocycles. The van der Waals surface area contributed by atoms with Gasteiger partial charge in [0, 0.05) is 40.1 Å². The summed E-state index contributed by atoms with van der Waals surface area (Å²) in [6.45, 7) is 1.77. The van der Waals surface area contributed by atoms with Gasteiger partial charge in [0.05, 0.1) is 6.61 Å². The highest BCUT2D eigenvalue weighted by atomic mass is 79.9. The molecule has 2 aromatic rings. The minimum absolute atomic E-state index is 0.248. The van der Waals surface area contributed by atoms with E-state index in [9.17, 15) is 4.39 Å². The van der Waals surface area contributed by atoms with Gasteiger partial charge >= 0.3 is 0 Å². The zero-order valence-corrected chi connectivity index (χ0v) is 13.6. The number of hydrogen-bond donors (Lipinski definition) is 1. The number of fused-ring (bicyclic) bond motifs is 1. The van der Waals surface area contributed by atoms with Crippen LogP contribution >= 0.6 is 27.5 Å². The van der Waals surface area contributed by atoms with Crippen molar-refractivity contribution in [3.8, 4) is 5.75 Å². The van der Waals surface area contributed by atoms with Gasteiger partial charge in [0.1, 0.15) is 11.6 Å². The Bertz CT molecular complexity index is 678. The fourth-order valence-electron chi connectivity index (χ4n) is 2.49. The van der Waals surface area contributed by atoms with Gasteiger partial charge in [-0.05, 0) is 35.9 Å². The summed E-state index contributed by atoms with van der Waals surface area (Å²) in [5.41, 5.74) is 2.87. The fourth-order valence-corrected chi connectivity index (χ4v) is 3.24. The molecule has 1 heterocycles. The molecule has 0 fully saturated rings. The van der Waals surface area contributed by atoms with Crippen molar-refractivity contribution >= 4 is 27.5 Å². The van der Waals surface area contributed by atoms with Crippen LogP contribution in [0.25, 0.3) is 0 Å². The third-order valence-corrected chi connectivity index (χ3v) is 4.16. The lowest BCUT2D eigenvalue weighted by Crippen LogP contribution is -2.14. The highest BCUT2D eigenvalue weighted by molar-refractivity contribution is 9.10. The van der Waals surface area contributed by atoms with Gasteiger partial charge in [0.2, 0.25) is 0 Å². The van der Waals surface area contributed by atoms with E-state index in [0.717, 1.165) is 28.8 Å². The molecule has 2 nitrogen and oxygen atoms in total. The number of benzene rings is 2. The summed E-state index contributed by atoms with van der Waals surface area (Å²) in [4.78, 5) is 0. The maximum Gasteiger partial charge on any atom is 0.127 e. The molecule has 5 heteroatoms. The Labute approximate surface area is 136 Å². The minimum atomic E-state index is -0.248. The summed E-state index contributed by atoms with van der Waals surface area (Å²) in [6, 6.07) is 8.70. The quantitative estimate of drug-likeness (QED) is 0.857. The molecule has 3 rings (SSSR count). The summed E-state index contributed by atoms with van der Waals surface area (Å²) in [5, 5.41) is 3.79. The van der Waals surface area contributed by atoms with E-state index in [1.807, 2.05) is 6.07 Å². The Morgan fingerprint density at radius 3 is 2.86 bits per heavy atom. The van der Waals surface area contributed by atoms with E-state index in [4.69, 9.17) is 16.3 Å². The average Bonchev–Trinajstić information content (AvgIpc) is 2.90. The highest BCUT2D eigenvalue weighted by Crippen LogP contribution is 2.32. The van der Waals surface area contributed by atoms with Gasteiger partial charge in [-0.3, -0.25) is 0 Å².